The molecule has 6 nitrogen and oxygen atoms in total. The molecule has 0 aromatic heterocycles. The van der Waals surface area contributed by atoms with Crippen molar-refractivity contribution in [2.45, 2.75) is 64.1 Å². The molecular weight excluding hydrogens is 332 g/mol. The van der Waals surface area contributed by atoms with E-state index in [9.17, 15) is 14.4 Å². The average Bonchev–Trinajstić information content (AvgIpc) is 2.92. The van der Waals surface area contributed by atoms with E-state index in [1.54, 1.807) is 20.8 Å². The van der Waals surface area contributed by atoms with Crippen molar-refractivity contribution in [2.24, 2.45) is 0 Å². The fourth-order valence-electron chi connectivity index (χ4n) is 2.91. The number of alkyl carbamates (subject to hydrolysis) is 1. The van der Waals surface area contributed by atoms with Crippen molar-refractivity contribution >= 4 is 17.7 Å². The number of rotatable bonds is 7. The summed E-state index contributed by atoms with van der Waals surface area (Å²) in [4.78, 5) is 36.0. The van der Waals surface area contributed by atoms with Gasteiger partial charge in [-0.15, -0.1) is 0 Å². The van der Waals surface area contributed by atoms with Crippen molar-refractivity contribution in [1.29, 1.82) is 0 Å². The quantitative estimate of drug-likeness (QED) is 0.730. The Kier molecular flexibility index (Phi) is 6.91. The highest BCUT2D eigenvalue weighted by Crippen LogP contribution is 2.16. The van der Waals surface area contributed by atoms with E-state index in [4.69, 9.17) is 4.74 Å². The van der Waals surface area contributed by atoms with Crippen molar-refractivity contribution in [3.8, 4) is 0 Å². The molecule has 1 fully saturated rings. The molecule has 0 aliphatic carbocycles. The SMILES string of the molecule is CC(C)(C)OC(=O)NCCCC(=O)C1CC(=O)[C@H](Cc2ccccc2)N1. The summed E-state index contributed by atoms with van der Waals surface area (Å²) in [7, 11) is 0. The van der Waals surface area contributed by atoms with Crippen LogP contribution in [0.25, 0.3) is 0 Å². The predicted molar refractivity (Wildman–Crippen MR) is 99.0 cm³/mol. The number of ketones is 2. The molecule has 1 aliphatic rings. The second-order valence-electron chi connectivity index (χ2n) is 7.63. The van der Waals surface area contributed by atoms with Crippen molar-refractivity contribution in [3.05, 3.63) is 35.9 Å². The first-order chi connectivity index (χ1) is 12.2. The summed E-state index contributed by atoms with van der Waals surface area (Å²) in [6.45, 7) is 5.76. The third-order valence-corrected chi connectivity index (χ3v) is 4.14. The summed E-state index contributed by atoms with van der Waals surface area (Å²) in [6, 6.07) is 9.05. The van der Waals surface area contributed by atoms with Crippen LogP contribution in [0.2, 0.25) is 0 Å². The molecule has 142 valence electrons. The molecule has 1 aromatic rings. The first kappa shape index (κ1) is 20.1. The number of Topliss-reactive ketones (excluding diaryl/α,β-unsaturated/α-hetero) is 2. The number of carbonyl (C=O) groups is 3. The van der Waals surface area contributed by atoms with Gasteiger partial charge in [0.25, 0.3) is 0 Å². The highest BCUT2D eigenvalue weighted by atomic mass is 16.6. The van der Waals surface area contributed by atoms with Gasteiger partial charge < -0.3 is 10.1 Å². The number of nitrogens with one attached hydrogen (secondary N) is 2. The van der Waals surface area contributed by atoms with Crippen LogP contribution in [0.1, 0.15) is 45.6 Å². The van der Waals surface area contributed by atoms with Crippen molar-refractivity contribution in [2.75, 3.05) is 6.54 Å². The second-order valence-corrected chi connectivity index (χ2v) is 7.63. The lowest BCUT2D eigenvalue weighted by Gasteiger charge is -2.19. The Labute approximate surface area is 154 Å². The van der Waals surface area contributed by atoms with E-state index in [1.807, 2.05) is 30.3 Å². The smallest absolute Gasteiger partial charge is 0.407 e. The fraction of sp³-hybridized carbons (Fsp3) is 0.550. The van der Waals surface area contributed by atoms with Gasteiger partial charge in [-0.3, -0.25) is 14.9 Å². The molecule has 0 spiro atoms. The zero-order chi connectivity index (χ0) is 19.2. The highest BCUT2D eigenvalue weighted by Gasteiger charge is 2.35. The van der Waals surface area contributed by atoms with Crippen LogP contribution in [0.3, 0.4) is 0 Å². The second kappa shape index (κ2) is 8.94. The van der Waals surface area contributed by atoms with Crippen LogP contribution in [-0.4, -0.2) is 41.9 Å². The van der Waals surface area contributed by atoms with Gasteiger partial charge in [0.2, 0.25) is 0 Å². The number of amides is 1. The molecule has 1 aliphatic heterocycles. The highest BCUT2D eigenvalue weighted by molar-refractivity contribution is 5.96. The molecule has 2 atom stereocenters. The molecule has 0 saturated carbocycles. The Balaban J connectivity index is 1.70. The van der Waals surface area contributed by atoms with Crippen molar-refractivity contribution < 1.29 is 19.1 Å². The van der Waals surface area contributed by atoms with Crippen molar-refractivity contribution in [1.82, 2.24) is 10.6 Å². The molecule has 26 heavy (non-hydrogen) atoms. The van der Waals surface area contributed by atoms with E-state index >= 15 is 0 Å². The van der Waals surface area contributed by atoms with Gasteiger partial charge in [-0.1, -0.05) is 30.3 Å². The third-order valence-electron chi connectivity index (χ3n) is 4.14. The number of hydrogen-bond acceptors (Lipinski definition) is 5. The third kappa shape index (κ3) is 6.59. The summed E-state index contributed by atoms with van der Waals surface area (Å²) >= 11 is 0. The molecule has 2 rings (SSSR count). The predicted octanol–water partition coefficient (Wildman–Crippen LogP) is 2.40. The maximum Gasteiger partial charge on any atom is 0.407 e. The monoisotopic (exact) mass is 360 g/mol. The van der Waals surface area contributed by atoms with Crippen LogP contribution in [0.5, 0.6) is 0 Å². The number of ether oxygens (including phenoxy) is 1. The number of benzene rings is 1. The average molecular weight is 360 g/mol. The number of hydrogen-bond donors (Lipinski definition) is 2. The largest absolute Gasteiger partial charge is 0.444 e. The van der Waals surface area contributed by atoms with E-state index in [2.05, 4.69) is 10.6 Å². The minimum absolute atomic E-state index is 0.0138. The van der Waals surface area contributed by atoms with Crippen molar-refractivity contribution in [3.63, 3.8) is 0 Å². The normalized spacial score (nSPS) is 20.0. The van der Waals surface area contributed by atoms with Gasteiger partial charge in [-0.25, -0.2) is 4.79 Å². The Morgan fingerprint density at radius 3 is 2.58 bits per heavy atom. The Morgan fingerprint density at radius 2 is 1.92 bits per heavy atom. The van der Waals surface area contributed by atoms with E-state index in [1.165, 1.54) is 0 Å². The zero-order valence-corrected chi connectivity index (χ0v) is 15.7. The molecule has 1 saturated heterocycles. The molecule has 0 bridgehead atoms. The molecule has 1 amide bonds. The lowest BCUT2D eigenvalue weighted by Crippen LogP contribution is -2.38. The molecule has 1 aromatic carbocycles. The Bertz CT molecular complexity index is 637. The summed E-state index contributed by atoms with van der Waals surface area (Å²) in [6.07, 6.45) is 1.20. The maximum absolute atomic E-state index is 12.3. The van der Waals surface area contributed by atoms with E-state index in [0.29, 0.717) is 25.8 Å². The van der Waals surface area contributed by atoms with Gasteiger partial charge in [0.1, 0.15) is 11.4 Å². The van der Waals surface area contributed by atoms with E-state index in [-0.39, 0.29) is 24.0 Å². The number of carbonyl (C=O) groups excluding carboxylic acids is 3. The summed E-state index contributed by atoms with van der Waals surface area (Å²) in [5.41, 5.74) is 0.537. The first-order valence-electron chi connectivity index (χ1n) is 9.07. The molecule has 2 N–H and O–H groups in total. The van der Waals surface area contributed by atoms with Crippen LogP contribution in [0.15, 0.2) is 30.3 Å². The first-order valence-corrected chi connectivity index (χ1v) is 9.07. The van der Waals surface area contributed by atoms with E-state index in [0.717, 1.165) is 5.56 Å². The minimum atomic E-state index is -0.540. The van der Waals surface area contributed by atoms with Crippen LogP contribution in [0.4, 0.5) is 4.79 Å². The van der Waals surface area contributed by atoms with Gasteiger partial charge >= 0.3 is 6.09 Å². The van der Waals surface area contributed by atoms with Crippen LogP contribution < -0.4 is 10.6 Å². The van der Waals surface area contributed by atoms with Gasteiger partial charge in [-0.05, 0) is 39.2 Å². The van der Waals surface area contributed by atoms with Gasteiger partial charge in [-0.2, -0.15) is 0 Å². The van der Waals surface area contributed by atoms with E-state index < -0.39 is 17.7 Å². The van der Waals surface area contributed by atoms with Gasteiger partial charge in [0.15, 0.2) is 5.78 Å². The lowest BCUT2D eigenvalue weighted by molar-refractivity contribution is -0.122. The molecular formula is C20H28N2O4. The van der Waals surface area contributed by atoms with Crippen LogP contribution in [-0.2, 0) is 20.7 Å². The Hall–Kier alpha value is -2.21. The van der Waals surface area contributed by atoms with Crippen LogP contribution >= 0.6 is 0 Å². The van der Waals surface area contributed by atoms with Crippen LogP contribution in [0, 0.1) is 0 Å². The maximum atomic E-state index is 12.3. The summed E-state index contributed by atoms with van der Waals surface area (Å²) < 4.78 is 5.14. The van der Waals surface area contributed by atoms with Gasteiger partial charge in [0, 0.05) is 19.4 Å². The fourth-order valence-corrected chi connectivity index (χ4v) is 2.91. The molecule has 6 heteroatoms. The minimum Gasteiger partial charge on any atom is -0.444 e. The standard InChI is InChI=1S/C20H28N2O4/c1-20(2,3)26-19(25)21-11-7-10-17(23)16-13-18(24)15(22-16)12-14-8-5-4-6-9-14/h4-6,8-9,15-16,22H,7,10-13H2,1-3H3,(H,21,25)/t15-,16?/m0/s1. The topological polar surface area (TPSA) is 84.5 Å². The Morgan fingerprint density at radius 1 is 1.23 bits per heavy atom. The lowest BCUT2D eigenvalue weighted by atomic mass is 10.0. The molecule has 1 unspecified atom stereocenters. The molecule has 1 heterocycles. The van der Waals surface area contributed by atoms with Gasteiger partial charge in [0.05, 0.1) is 12.1 Å². The summed E-state index contributed by atoms with van der Waals surface area (Å²) in [5.74, 6) is 0.0963. The molecule has 0 radical (unpaired) electrons. The zero-order valence-electron chi connectivity index (χ0n) is 15.7. The summed E-state index contributed by atoms with van der Waals surface area (Å²) in [5, 5.41) is 5.79.